The summed E-state index contributed by atoms with van der Waals surface area (Å²) in [6.45, 7) is 2.31. The van der Waals surface area contributed by atoms with Crippen LogP contribution in [-0.4, -0.2) is 58.8 Å². The molecule has 3 aromatic carbocycles. The number of carbonyl (C=O) groups is 3. The number of likely N-dealkylation sites (N-methyl/N-ethyl adjacent to an activating group) is 1. The molecule has 4 rings (SSSR count). The van der Waals surface area contributed by atoms with Crippen LogP contribution < -0.4 is 0 Å². The third kappa shape index (κ3) is 5.10. The molecule has 0 aromatic heterocycles. The third-order valence-electron chi connectivity index (χ3n) is 6.76. The first-order valence-electron chi connectivity index (χ1n) is 12.0. The summed E-state index contributed by atoms with van der Waals surface area (Å²) in [6, 6.07) is 25.8. The maximum atomic E-state index is 14.0. The Labute approximate surface area is 211 Å². The van der Waals surface area contributed by atoms with E-state index in [0.29, 0.717) is 0 Å². The van der Waals surface area contributed by atoms with Gasteiger partial charge in [0.15, 0.2) is 6.04 Å². The van der Waals surface area contributed by atoms with Crippen LogP contribution in [0.25, 0.3) is 0 Å². The van der Waals surface area contributed by atoms with Crippen molar-refractivity contribution in [2.24, 2.45) is 0 Å². The van der Waals surface area contributed by atoms with Gasteiger partial charge in [-0.05, 0) is 23.6 Å². The van der Waals surface area contributed by atoms with Gasteiger partial charge in [0.05, 0.1) is 13.2 Å². The molecule has 3 amide bonds. The number of rotatable bonds is 8. The molecule has 0 aliphatic carbocycles. The van der Waals surface area contributed by atoms with Crippen molar-refractivity contribution in [2.45, 2.75) is 38.1 Å². The summed E-state index contributed by atoms with van der Waals surface area (Å²) in [5.41, 5.74) is 2.69. The Kier molecular flexibility index (Phi) is 7.68. The summed E-state index contributed by atoms with van der Waals surface area (Å²) in [5, 5.41) is 0. The van der Waals surface area contributed by atoms with Crippen LogP contribution in [0.15, 0.2) is 91.0 Å². The second-order valence-corrected chi connectivity index (χ2v) is 8.96. The molecular weight excluding hydrogens is 454 g/mol. The molecule has 0 N–H and O–H groups in total. The Bertz CT molecular complexity index is 1190. The van der Waals surface area contributed by atoms with Crippen molar-refractivity contribution in [3.63, 3.8) is 0 Å². The van der Waals surface area contributed by atoms with Crippen LogP contribution in [0, 0.1) is 0 Å². The SMILES string of the molecule is COC(=O)C1C(C(=O)N(C)C(C)c2ccccc2)N(Cc2ccccc2)C(=O)N1Cc1ccccc1. The average molecular weight is 486 g/mol. The lowest BCUT2D eigenvalue weighted by Crippen LogP contribution is -2.53. The first-order chi connectivity index (χ1) is 17.4. The Morgan fingerprint density at radius 3 is 1.72 bits per heavy atom. The lowest BCUT2D eigenvalue weighted by Gasteiger charge is -2.32. The van der Waals surface area contributed by atoms with E-state index < -0.39 is 18.1 Å². The Morgan fingerprint density at radius 1 is 0.806 bits per heavy atom. The quantitative estimate of drug-likeness (QED) is 0.447. The molecule has 7 nitrogen and oxygen atoms in total. The fourth-order valence-electron chi connectivity index (χ4n) is 4.64. The minimum absolute atomic E-state index is 0.187. The molecule has 1 aliphatic heterocycles. The van der Waals surface area contributed by atoms with Crippen LogP contribution in [0.1, 0.15) is 29.7 Å². The van der Waals surface area contributed by atoms with Crippen molar-refractivity contribution in [3.8, 4) is 0 Å². The van der Waals surface area contributed by atoms with E-state index in [1.54, 1.807) is 11.9 Å². The number of ether oxygens (including phenoxy) is 1. The van der Waals surface area contributed by atoms with Crippen molar-refractivity contribution < 1.29 is 19.1 Å². The van der Waals surface area contributed by atoms with Gasteiger partial charge >= 0.3 is 12.0 Å². The van der Waals surface area contributed by atoms with Gasteiger partial charge in [0.2, 0.25) is 5.91 Å². The van der Waals surface area contributed by atoms with Gasteiger partial charge in [-0.3, -0.25) is 4.79 Å². The fraction of sp³-hybridized carbons (Fsp3) is 0.276. The monoisotopic (exact) mass is 485 g/mol. The molecule has 3 atom stereocenters. The molecule has 1 fully saturated rings. The number of nitrogens with zero attached hydrogens (tertiary/aromatic N) is 3. The number of urea groups is 1. The van der Waals surface area contributed by atoms with Gasteiger partial charge in [-0.15, -0.1) is 0 Å². The van der Waals surface area contributed by atoms with E-state index in [1.165, 1.54) is 16.9 Å². The molecule has 3 aromatic rings. The van der Waals surface area contributed by atoms with E-state index >= 15 is 0 Å². The Balaban J connectivity index is 1.73. The summed E-state index contributed by atoms with van der Waals surface area (Å²) in [6.07, 6.45) is 0. The van der Waals surface area contributed by atoms with E-state index in [1.807, 2.05) is 97.9 Å². The van der Waals surface area contributed by atoms with Gasteiger partial charge in [-0.2, -0.15) is 0 Å². The molecular formula is C29H31N3O4. The average Bonchev–Trinajstić information content (AvgIpc) is 3.19. The van der Waals surface area contributed by atoms with Gasteiger partial charge in [-0.1, -0.05) is 91.0 Å². The van der Waals surface area contributed by atoms with Crippen LogP contribution in [-0.2, 0) is 27.4 Å². The van der Waals surface area contributed by atoms with Crippen LogP contribution in [0.4, 0.5) is 4.79 Å². The van der Waals surface area contributed by atoms with Gasteiger partial charge in [0, 0.05) is 20.1 Å². The highest BCUT2D eigenvalue weighted by Gasteiger charge is 2.54. The van der Waals surface area contributed by atoms with Crippen LogP contribution in [0.5, 0.6) is 0 Å². The summed E-state index contributed by atoms with van der Waals surface area (Å²) in [4.78, 5) is 45.5. The maximum absolute atomic E-state index is 14.0. The van der Waals surface area contributed by atoms with E-state index in [4.69, 9.17) is 4.74 Å². The summed E-state index contributed by atoms with van der Waals surface area (Å²) >= 11 is 0. The maximum Gasteiger partial charge on any atom is 0.331 e. The lowest BCUT2D eigenvalue weighted by atomic mass is 10.0. The second-order valence-electron chi connectivity index (χ2n) is 8.96. The van der Waals surface area contributed by atoms with E-state index in [0.717, 1.165) is 16.7 Å². The van der Waals surface area contributed by atoms with Crippen molar-refractivity contribution in [2.75, 3.05) is 14.2 Å². The summed E-state index contributed by atoms with van der Waals surface area (Å²) in [7, 11) is 2.99. The Morgan fingerprint density at radius 2 is 1.25 bits per heavy atom. The van der Waals surface area contributed by atoms with Crippen LogP contribution >= 0.6 is 0 Å². The molecule has 1 aliphatic rings. The first kappa shape index (κ1) is 25.0. The normalized spacial score (nSPS) is 18.1. The van der Waals surface area contributed by atoms with Gasteiger partial charge < -0.3 is 19.4 Å². The number of esters is 1. The number of amides is 3. The fourth-order valence-corrected chi connectivity index (χ4v) is 4.64. The van der Waals surface area contributed by atoms with Crippen molar-refractivity contribution in [3.05, 3.63) is 108 Å². The second kappa shape index (κ2) is 11.1. The number of hydrogen-bond donors (Lipinski definition) is 0. The molecule has 0 spiro atoms. The van der Waals surface area contributed by atoms with Crippen LogP contribution in [0.3, 0.4) is 0 Å². The summed E-state index contributed by atoms with van der Waals surface area (Å²) < 4.78 is 5.12. The first-order valence-corrected chi connectivity index (χ1v) is 12.0. The smallest absolute Gasteiger partial charge is 0.331 e. The predicted molar refractivity (Wildman–Crippen MR) is 137 cm³/mol. The van der Waals surface area contributed by atoms with Crippen molar-refractivity contribution in [1.29, 1.82) is 0 Å². The highest BCUT2D eigenvalue weighted by molar-refractivity contribution is 5.99. The minimum atomic E-state index is -1.08. The molecule has 186 valence electrons. The zero-order chi connectivity index (χ0) is 25.7. The molecule has 0 bridgehead atoms. The van der Waals surface area contributed by atoms with E-state index in [9.17, 15) is 14.4 Å². The van der Waals surface area contributed by atoms with Gasteiger partial charge in [0.25, 0.3) is 0 Å². The molecule has 0 radical (unpaired) electrons. The highest BCUT2D eigenvalue weighted by Crippen LogP contribution is 2.31. The zero-order valence-corrected chi connectivity index (χ0v) is 20.8. The van der Waals surface area contributed by atoms with Crippen molar-refractivity contribution >= 4 is 17.9 Å². The molecule has 3 unspecified atom stereocenters. The minimum Gasteiger partial charge on any atom is -0.467 e. The molecule has 36 heavy (non-hydrogen) atoms. The van der Waals surface area contributed by atoms with E-state index in [-0.39, 0.29) is 31.1 Å². The van der Waals surface area contributed by atoms with Crippen molar-refractivity contribution in [1.82, 2.24) is 14.7 Å². The molecule has 1 saturated heterocycles. The third-order valence-corrected chi connectivity index (χ3v) is 6.76. The molecule has 7 heteroatoms. The predicted octanol–water partition coefficient (Wildman–Crippen LogP) is 4.25. The topological polar surface area (TPSA) is 70.2 Å². The zero-order valence-electron chi connectivity index (χ0n) is 20.8. The standard InChI is InChI=1S/C29H31N3O4/c1-21(24-17-11-6-12-18-24)30(2)27(33)25-26(28(34)36-3)32(20-23-15-9-5-10-16-23)29(35)31(25)19-22-13-7-4-8-14-22/h4-18,21,25-26H,19-20H2,1-3H3. The van der Waals surface area contributed by atoms with Gasteiger partial charge in [-0.25, -0.2) is 9.59 Å². The molecule has 0 saturated carbocycles. The lowest BCUT2D eigenvalue weighted by molar-refractivity contribution is -0.151. The van der Waals surface area contributed by atoms with Gasteiger partial charge in [0.1, 0.15) is 6.04 Å². The summed E-state index contributed by atoms with van der Waals surface area (Å²) in [5.74, 6) is -0.935. The number of hydrogen-bond acceptors (Lipinski definition) is 4. The van der Waals surface area contributed by atoms with Crippen LogP contribution in [0.2, 0.25) is 0 Å². The number of methoxy groups -OCH3 is 1. The largest absolute Gasteiger partial charge is 0.467 e. The number of benzene rings is 3. The number of carbonyl (C=O) groups excluding carboxylic acids is 3. The molecule has 1 heterocycles. The highest BCUT2D eigenvalue weighted by atomic mass is 16.5. The van der Waals surface area contributed by atoms with E-state index in [2.05, 4.69) is 0 Å². The Hall–Kier alpha value is -4.13.